The predicted molar refractivity (Wildman–Crippen MR) is 204 cm³/mol. The van der Waals surface area contributed by atoms with Gasteiger partial charge in [-0.1, -0.05) is 61.8 Å². The van der Waals surface area contributed by atoms with Gasteiger partial charge in [-0.25, -0.2) is 4.39 Å². The highest BCUT2D eigenvalue weighted by molar-refractivity contribution is 6.36. The molecule has 12 nitrogen and oxygen atoms in total. The minimum atomic E-state index is -0.867. The first-order valence-corrected chi connectivity index (χ1v) is 19.2. The average molecular weight is 754 g/mol. The summed E-state index contributed by atoms with van der Waals surface area (Å²) in [6.45, 7) is 10.1. The van der Waals surface area contributed by atoms with E-state index in [4.69, 9.17) is 30.8 Å². The summed E-state index contributed by atoms with van der Waals surface area (Å²) in [5, 5.41) is 16.7. The summed E-state index contributed by atoms with van der Waals surface area (Å²) >= 11 is 6.76. The van der Waals surface area contributed by atoms with E-state index in [0.29, 0.717) is 63.0 Å². The number of ether oxygens (including phenoxy) is 1. The Morgan fingerprint density at radius 3 is 2.74 bits per heavy atom. The first-order chi connectivity index (χ1) is 26.0. The first-order valence-electron chi connectivity index (χ1n) is 18.8. The lowest BCUT2D eigenvalue weighted by Crippen LogP contribution is -2.55. The topological polar surface area (TPSA) is 128 Å². The Morgan fingerprint density at radius 2 is 1.94 bits per heavy atom. The number of benzene rings is 2. The minimum absolute atomic E-state index is 0.153. The fourth-order valence-electron chi connectivity index (χ4n) is 8.57. The molecule has 282 valence electrons. The lowest BCUT2D eigenvalue weighted by atomic mass is 9.95. The maximum absolute atomic E-state index is 14.6. The maximum atomic E-state index is 14.6. The van der Waals surface area contributed by atoms with E-state index >= 15 is 0 Å². The summed E-state index contributed by atoms with van der Waals surface area (Å²) < 4.78 is 26.4. The van der Waals surface area contributed by atoms with Crippen LogP contribution in [0.4, 0.5) is 15.9 Å². The Hall–Kier alpha value is -4.80. The third-order valence-electron chi connectivity index (χ3n) is 11.3. The predicted octanol–water partition coefficient (Wildman–Crippen LogP) is 6.13. The Morgan fingerprint density at radius 1 is 1.11 bits per heavy atom. The SMILES string of the molecule is CC(C)(C)c1noc(/C=C/C(=O)N2CCN(c3nc(OC[C@@]45CCCN4CC(F)C5)nc4c3CCN(c3cccc5cccc(Cl)c35)C4)C[C@@H]2CC#N)n1. The molecule has 8 rings (SSSR count). The fraction of sp³-hybridized carbons (Fsp3) is 0.500. The number of aromatic nitrogens is 4. The van der Waals surface area contributed by atoms with Gasteiger partial charge in [-0.15, -0.1) is 0 Å². The molecular weight excluding hydrogens is 709 g/mol. The number of carbonyl (C=O) groups excluding carboxylic acids is 1. The monoisotopic (exact) mass is 753 g/mol. The van der Waals surface area contributed by atoms with Crippen molar-refractivity contribution in [3.05, 3.63) is 70.5 Å². The average Bonchev–Trinajstić information content (AvgIpc) is 3.87. The second-order valence-electron chi connectivity index (χ2n) is 15.9. The zero-order valence-electron chi connectivity index (χ0n) is 31.0. The second-order valence-corrected chi connectivity index (χ2v) is 16.3. The zero-order chi connectivity index (χ0) is 37.6. The summed E-state index contributed by atoms with van der Waals surface area (Å²) in [6.07, 6.45) is 5.27. The number of alkyl halides is 1. The minimum Gasteiger partial charge on any atom is -0.461 e. The second kappa shape index (κ2) is 14.5. The molecule has 14 heteroatoms. The molecule has 0 N–H and O–H groups in total. The molecule has 4 aliphatic heterocycles. The number of hydrogen-bond donors (Lipinski definition) is 0. The van der Waals surface area contributed by atoms with Crippen LogP contribution in [0.25, 0.3) is 16.8 Å². The molecule has 4 aliphatic rings. The molecule has 6 heterocycles. The van der Waals surface area contributed by atoms with Crippen LogP contribution in [-0.4, -0.2) is 99.4 Å². The number of fused-ring (bicyclic) bond motifs is 3. The van der Waals surface area contributed by atoms with Crippen LogP contribution in [0.15, 0.2) is 47.0 Å². The van der Waals surface area contributed by atoms with Crippen molar-refractivity contribution in [3.63, 3.8) is 0 Å². The van der Waals surface area contributed by atoms with Gasteiger partial charge < -0.3 is 24.0 Å². The highest BCUT2D eigenvalue weighted by Crippen LogP contribution is 2.41. The van der Waals surface area contributed by atoms with Crippen LogP contribution in [-0.2, 0) is 23.2 Å². The molecule has 3 atom stereocenters. The van der Waals surface area contributed by atoms with Crippen LogP contribution in [0.3, 0.4) is 0 Å². The summed E-state index contributed by atoms with van der Waals surface area (Å²) in [7, 11) is 0. The number of nitriles is 1. The first kappa shape index (κ1) is 36.2. The third-order valence-corrected chi connectivity index (χ3v) is 11.6. The van der Waals surface area contributed by atoms with Gasteiger partial charge >= 0.3 is 6.01 Å². The highest BCUT2D eigenvalue weighted by Gasteiger charge is 2.49. The summed E-state index contributed by atoms with van der Waals surface area (Å²) in [4.78, 5) is 36.4. The number of piperazine rings is 1. The van der Waals surface area contributed by atoms with Gasteiger partial charge in [-0.2, -0.15) is 20.2 Å². The smallest absolute Gasteiger partial charge is 0.318 e. The van der Waals surface area contributed by atoms with Crippen molar-refractivity contribution < 1.29 is 18.4 Å². The van der Waals surface area contributed by atoms with Crippen LogP contribution in [0, 0.1) is 11.3 Å². The number of nitrogens with zero attached hydrogens (tertiary/aromatic N) is 9. The van der Waals surface area contributed by atoms with E-state index in [9.17, 15) is 14.4 Å². The van der Waals surface area contributed by atoms with Crippen LogP contribution < -0.4 is 14.5 Å². The van der Waals surface area contributed by atoms with Crippen LogP contribution in [0.1, 0.15) is 69.4 Å². The molecular formula is C40H45ClFN9O3. The van der Waals surface area contributed by atoms with Gasteiger partial charge in [0.2, 0.25) is 5.91 Å². The van der Waals surface area contributed by atoms with Gasteiger partial charge in [0.05, 0.1) is 41.3 Å². The van der Waals surface area contributed by atoms with Gasteiger partial charge in [0.1, 0.15) is 18.6 Å². The largest absolute Gasteiger partial charge is 0.461 e. The van der Waals surface area contributed by atoms with E-state index in [1.165, 1.54) is 12.2 Å². The molecule has 4 aromatic rings. The van der Waals surface area contributed by atoms with Gasteiger partial charge in [0, 0.05) is 73.3 Å². The van der Waals surface area contributed by atoms with E-state index in [2.05, 4.69) is 49.1 Å². The summed E-state index contributed by atoms with van der Waals surface area (Å²) in [5.41, 5.74) is 2.28. The van der Waals surface area contributed by atoms with E-state index < -0.39 is 6.17 Å². The van der Waals surface area contributed by atoms with Crippen molar-refractivity contribution in [2.45, 2.75) is 82.6 Å². The normalized spacial score (nSPS) is 23.2. The zero-order valence-corrected chi connectivity index (χ0v) is 31.7. The van der Waals surface area contributed by atoms with Gasteiger partial charge in [0.15, 0.2) is 5.82 Å². The molecule has 1 unspecified atom stereocenters. The number of amides is 1. The number of anilines is 2. The van der Waals surface area contributed by atoms with E-state index in [1.807, 2.05) is 39.0 Å². The van der Waals surface area contributed by atoms with Crippen molar-refractivity contribution in [3.8, 4) is 12.1 Å². The van der Waals surface area contributed by atoms with Crippen LogP contribution >= 0.6 is 11.6 Å². The standard InChI is InChI=1S/C40H45ClFN9O3/c1-39(2,3)37-45-33(54-47-37)11-12-34(52)51-20-19-49(23-28(51)13-16-43)36-29-14-18-48(32-10-5-8-26-7-4-9-30(41)35(26)32)24-31(29)44-38(46-36)53-25-40-15-6-17-50(40)22-27(42)21-40/h4-5,7-12,27-28H,6,13-15,17-25H2,1-3H3/b12-11+/t27?,28-,40-/m0/s1. The summed E-state index contributed by atoms with van der Waals surface area (Å²) in [5.74, 6) is 1.34. The maximum Gasteiger partial charge on any atom is 0.318 e. The molecule has 0 saturated carbocycles. The molecule has 0 radical (unpaired) electrons. The molecule has 54 heavy (non-hydrogen) atoms. The van der Waals surface area contributed by atoms with Crippen molar-refractivity contribution in [2.24, 2.45) is 0 Å². The van der Waals surface area contributed by atoms with Crippen molar-refractivity contribution in [1.82, 2.24) is 29.9 Å². The fourth-order valence-corrected chi connectivity index (χ4v) is 8.85. The van der Waals surface area contributed by atoms with Crippen LogP contribution in [0.5, 0.6) is 6.01 Å². The van der Waals surface area contributed by atoms with E-state index in [0.717, 1.165) is 59.5 Å². The summed E-state index contributed by atoms with van der Waals surface area (Å²) in [6, 6.07) is 14.3. The van der Waals surface area contributed by atoms with Gasteiger partial charge in [0.25, 0.3) is 5.89 Å². The number of carbonyl (C=O) groups is 1. The highest BCUT2D eigenvalue weighted by atomic mass is 35.5. The Kier molecular flexibility index (Phi) is 9.69. The lowest BCUT2D eigenvalue weighted by molar-refractivity contribution is -0.128. The molecule has 2 aromatic heterocycles. The van der Waals surface area contributed by atoms with Crippen LogP contribution in [0.2, 0.25) is 5.02 Å². The molecule has 0 spiro atoms. The molecule has 3 saturated heterocycles. The number of rotatable bonds is 8. The van der Waals surface area contributed by atoms with Crippen molar-refractivity contribution in [1.29, 1.82) is 5.26 Å². The molecule has 2 aromatic carbocycles. The van der Waals surface area contributed by atoms with Crippen molar-refractivity contribution >= 4 is 45.9 Å². The van der Waals surface area contributed by atoms with E-state index in [-0.39, 0.29) is 41.2 Å². The number of halogens is 2. The van der Waals surface area contributed by atoms with Gasteiger partial charge in [-0.05, 0) is 43.3 Å². The lowest BCUT2D eigenvalue weighted by Gasteiger charge is -2.42. The Labute approximate surface area is 319 Å². The van der Waals surface area contributed by atoms with Gasteiger partial charge in [-0.3, -0.25) is 9.69 Å². The molecule has 3 fully saturated rings. The van der Waals surface area contributed by atoms with Crippen molar-refractivity contribution in [2.75, 3.05) is 55.7 Å². The quantitative estimate of drug-likeness (QED) is 0.193. The molecule has 0 aliphatic carbocycles. The Balaban J connectivity index is 1.08. The Bertz CT molecular complexity index is 2120. The molecule has 0 bridgehead atoms. The van der Waals surface area contributed by atoms with E-state index in [1.54, 1.807) is 4.90 Å². The molecule has 1 amide bonds. The third kappa shape index (κ3) is 6.97. The number of hydrogen-bond acceptors (Lipinski definition) is 11.